The van der Waals surface area contributed by atoms with Crippen molar-refractivity contribution in [2.45, 2.75) is 13.1 Å². The number of aromatic nitrogens is 4. The van der Waals surface area contributed by atoms with Gasteiger partial charge in [0.2, 0.25) is 0 Å². The molecule has 0 aliphatic rings. The summed E-state index contributed by atoms with van der Waals surface area (Å²) in [5.41, 5.74) is 15.7. The average molecular weight is 519 g/mol. The Bertz CT molecular complexity index is 1100. The number of anilines is 2. The van der Waals surface area contributed by atoms with Crippen molar-refractivity contribution in [2.75, 3.05) is 11.5 Å². The van der Waals surface area contributed by atoms with E-state index in [0.29, 0.717) is 55.9 Å². The number of hydrogen-bond acceptors (Lipinski definition) is 4. The number of halogens is 5. The van der Waals surface area contributed by atoms with Gasteiger partial charge in [-0.1, -0.05) is 58.5 Å². The van der Waals surface area contributed by atoms with Crippen LogP contribution in [0.2, 0.25) is 20.1 Å². The van der Waals surface area contributed by atoms with Gasteiger partial charge in [0.05, 0.1) is 24.5 Å². The first-order chi connectivity index (χ1) is 14.3. The minimum Gasteiger partial charge on any atom is -0.396 e. The fraction of sp³-hybridized carbons (Fsp3) is 0.100. The number of hydrogen-bond donors (Lipinski definition) is 2. The standard InChI is InChI=1S/C20H16Cl4N6.ClH/c21-13-3-1-4-14(22)11(13)7-29-9-17(25)19(27-29)20-18(26)10-30(28-20)8-12-15(23)5-2-6-16(12)24;/h1-6,9-10H,7-8,25-26H2;1H. The lowest BCUT2D eigenvalue weighted by atomic mass is 10.2. The van der Waals surface area contributed by atoms with E-state index < -0.39 is 0 Å². The van der Waals surface area contributed by atoms with E-state index in [9.17, 15) is 0 Å². The topological polar surface area (TPSA) is 87.7 Å². The molecule has 0 radical (unpaired) electrons. The summed E-state index contributed by atoms with van der Waals surface area (Å²) < 4.78 is 3.31. The molecule has 0 aliphatic carbocycles. The van der Waals surface area contributed by atoms with Crippen LogP contribution in [0.3, 0.4) is 0 Å². The number of nitrogens with two attached hydrogens (primary N) is 2. The van der Waals surface area contributed by atoms with Crippen LogP contribution in [-0.2, 0) is 13.1 Å². The Kier molecular flexibility index (Phi) is 7.29. The molecule has 0 atom stereocenters. The monoisotopic (exact) mass is 516 g/mol. The van der Waals surface area contributed by atoms with Crippen LogP contribution >= 0.6 is 58.8 Å². The first-order valence-electron chi connectivity index (χ1n) is 8.85. The molecule has 0 saturated heterocycles. The fourth-order valence-corrected chi connectivity index (χ4v) is 4.13. The maximum Gasteiger partial charge on any atom is 0.138 e. The molecule has 0 aliphatic heterocycles. The molecule has 2 heterocycles. The van der Waals surface area contributed by atoms with Crippen LogP contribution < -0.4 is 11.5 Å². The normalized spacial score (nSPS) is 10.8. The van der Waals surface area contributed by atoms with Gasteiger partial charge in [-0.2, -0.15) is 10.2 Å². The van der Waals surface area contributed by atoms with E-state index in [1.54, 1.807) is 58.2 Å². The predicted molar refractivity (Wildman–Crippen MR) is 131 cm³/mol. The van der Waals surface area contributed by atoms with Gasteiger partial charge in [0.15, 0.2) is 0 Å². The molecule has 2 aromatic heterocycles. The van der Waals surface area contributed by atoms with E-state index >= 15 is 0 Å². The largest absolute Gasteiger partial charge is 0.396 e. The van der Waals surface area contributed by atoms with Gasteiger partial charge >= 0.3 is 0 Å². The third-order valence-corrected chi connectivity index (χ3v) is 5.98. The Morgan fingerprint density at radius 3 is 1.29 bits per heavy atom. The molecule has 4 rings (SSSR count). The van der Waals surface area contributed by atoms with Crippen LogP contribution in [0, 0.1) is 0 Å². The molecule has 162 valence electrons. The second-order valence-electron chi connectivity index (χ2n) is 6.66. The molecule has 0 saturated carbocycles. The van der Waals surface area contributed by atoms with E-state index in [2.05, 4.69) is 10.2 Å². The first kappa shape index (κ1) is 23.6. The minimum absolute atomic E-state index is 0. The van der Waals surface area contributed by atoms with Gasteiger partial charge in [-0.15, -0.1) is 12.4 Å². The summed E-state index contributed by atoms with van der Waals surface area (Å²) in [6.07, 6.45) is 3.39. The highest BCUT2D eigenvalue weighted by Crippen LogP contribution is 2.31. The Hall–Kier alpha value is -2.09. The van der Waals surface area contributed by atoms with Crippen molar-refractivity contribution in [3.8, 4) is 11.4 Å². The van der Waals surface area contributed by atoms with Crippen LogP contribution in [0.4, 0.5) is 11.4 Å². The smallest absolute Gasteiger partial charge is 0.138 e. The molecule has 0 spiro atoms. The second kappa shape index (κ2) is 9.59. The summed E-state index contributed by atoms with van der Waals surface area (Å²) in [5, 5.41) is 11.3. The lowest BCUT2D eigenvalue weighted by Crippen LogP contribution is -2.03. The molecule has 0 fully saturated rings. The van der Waals surface area contributed by atoms with Crippen molar-refractivity contribution in [1.29, 1.82) is 0 Å². The number of benzene rings is 2. The zero-order valence-corrected chi connectivity index (χ0v) is 19.7. The lowest BCUT2D eigenvalue weighted by Gasteiger charge is -2.07. The van der Waals surface area contributed by atoms with Crippen molar-refractivity contribution in [3.63, 3.8) is 0 Å². The number of nitrogen functional groups attached to an aromatic ring is 2. The van der Waals surface area contributed by atoms with Gasteiger partial charge in [-0.05, 0) is 24.3 Å². The number of nitrogens with zero attached hydrogens (tertiary/aromatic N) is 4. The van der Waals surface area contributed by atoms with E-state index in [4.69, 9.17) is 57.9 Å². The highest BCUT2D eigenvalue weighted by atomic mass is 35.5. The van der Waals surface area contributed by atoms with Crippen molar-refractivity contribution in [2.24, 2.45) is 0 Å². The van der Waals surface area contributed by atoms with Gasteiger partial charge in [0, 0.05) is 43.6 Å². The third kappa shape index (κ3) is 4.89. The van der Waals surface area contributed by atoms with Crippen molar-refractivity contribution in [3.05, 3.63) is 80.0 Å². The summed E-state index contributed by atoms with van der Waals surface area (Å²) in [5.74, 6) is 0. The van der Waals surface area contributed by atoms with Crippen molar-refractivity contribution >= 4 is 70.2 Å². The quantitative estimate of drug-likeness (QED) is 0.337. The SMILES string of the molecule is Cl.Nc1cn(Cc2c(Cl)cccc2Cl)nc1-c1nn(Cc2c(Cl)cccc2Cl)cc1N. The van der Waals surface area contributed by atoms with Gasteiger partial charge in [-0.3, -0.25) is 9.36 Å². The molecule has 6 nitrogen and oxygen atoms in total. The third-order valence-electron chi connectivity index (χ3n) is 4.57. The Labute approximate surface area is 205 Å². The zero-order valence-electron chi connectivity index (χ0n) is 15.9. The highest BCUT2D eigenvalue weighted by Gasteiger charge is 2.18. The maximum absolute atomic E-state index is 6.26. The molecule has 0 bridgehead atoms. The summed E-state index contributed by atoms with van der Waals surface area (Å²) in [6.45, 7) is 0.719. The van der Waals surface area contributed by atoms with Gasteiger partial charge in [0.1, 0.15) is 11.4 Å². The molecule has 4 N–H and O–H groups in total. The van der Waals surface area contributed by atoms with E-state index in [-0.39, 0.29) is 12.4 Å². The molecular weight excluding hydrogens is 502 g/mol. The predicted octanol–water partition coefficient (Wildman–Crippen LogP) is 6.04. The summed E-state index contributed by atoms with van der Waals surface area (Å²) in [7, 11) is 0. The molecule has 11 heteroatoms. The molecule has 2 aromatic carbocycles. The fourth-order valence-electron chi connectivity index (χ4n) is 3.09. The van der Waals surface area contributed by atoms with Gasteiger partial charge in [0.25, 0.3) is 0 Å². The van der Waals surface area contributed by atoms with Crippen LogP contribution in [-0.4, -0.2) is 19.6 Å². The number of rotatable bonds is 5. The highest BCUT2D eigenvalue weighted by molar-refractivity contribution is 6.36. The van der Waals surface area contributed by atoms with Crippen molar-refractivity contribution in [1.82, 2.24) is 19.6 Å². The van der Waals surface area contributed by atoms with Crippen LogP contribution in [0.1, 0.15) is 11.1 Å². The zero-order chi connectivity index (χ0) is 21.4. The van der Waals surface area contributed by atoms with Crippen LogP contribution in [0.5, 0.6) is 0 Å². The van der Waals surface area contributed by atoms with Gasteiger partial charge < -0.3 is 11.5 Å². The molecule has 31 heavy (non-hydrogen) atoms. The Morgan fingerprint density at radius 2 is 0.968 bits per heavy atom. The second-order valence-corrected chi connectivity index (χ2v) is 8.29. The van der Waals surface area contributed by atoms with Crippen LogP contribution in [0.15, 0.2) is 48.8 Å². The van der Waals surface area contributed by atoms with Crippen LogP contribution in [0.25, 0.3) is 11.4 Å². The Balaban J connectivity index is 0.00000272. The van der Waals surface area contributed by atoms with E-state index in [1.165, 1.54) is 0 Å². The summed E-state index contributed by atoms with van der Waals surface area (Å²) >= 11 is 25.0. The van der Waals surface area contributed by atoms with Gasteiger partial charge in [-0.25, -0.2) is 0 Å². The first-order valence-corrected chi connectivity index (χ1v) is 10.4. The molecular formula is C20H17Cl5N6. The minimum atomic E-state index is 0. The maximum atomic E-state index is 6.26. The molecule has 0 unspecified atom stereocenters. The molecule has 4 aromatic rings. The van der Waals surface area contributed by atoms with Crippen molar-refractivity contribution < 1.29 is 0 Å². The average Bonchev–Trinajstić information content (AvgIpc) is 3.23. The van der Waals surface area contributed by atoms with E-state index in [1.807, 2.05) is 0 Å². The lowest BCUT2D eigenvalue weighted by molar-refractivity contribution is 0.679. The summed E-state index contributed by atoms with van der Waals surface area (Å²) in [4.78, 5) is 0. The summed E-state index contributed by atoms with van der Waals surface area (Å²) in [6, 6.07) is 10.7. The molecule has 0 amide bonds. The van der Waals surface area contributed by atoms with E-state index in [0.717, 1.165) is 11.1 Å². The Morgan fingerprint density at radius 1 is 0.645 bits per heavy atom.